The average molecular weight is 2020 g/mol. The molecule has 0 aliphatic carbocycles. The number of para-hydroxylation sites is 7. The third-order valence-corrected chi connectivity index (χ3v) is 35.6. The van der Waals surface area contributed by atoms with Gasteiger partial charge in [-0.1, -0.05) is 97.1 Å². The first-order valence-electron chi connectivity index (χ1n) is 48.6. The number of hydrogen-bond acceptors (Lipinski definition) is 3. The van der Waals surface area contributed by atoms with Gasteiger partial charge < -0.3 is 9.13 Å². The van der Waals surface area contributed by atoms with Crippen molar-refractivity contribution in [3.8, 4) is 50.4 Å². The van der Waals surface area contributed by atoms with Crippen molar-refractivity contribution in [3.05, 3.63) is 534 Å². The van der Waals surface area contributed by atoms with E-state index in [4.69, 9.17) is 0 Å². The fourth-order valence-electron chi connectivity index (χ4n) is 21.7. The van der Waals surface area contributed by atoms with Gasteiger partial charge in [0, 0.05) is 22.1 Å². The Morgan fingerprint density at radius 2 is 0.406 bits per heavy atom. The van der Waals surface area contributed by atoms with Crippen LogP contribution in [0.15, 0.2) is 534 Å². The molecule has 0 fully saturated rings. The third-order valence-electron chi connectivity index (χ3n) is 28.3. The molecule has 0 bridgehead atoms. The van der Waals surface area contributed by atoms with Crippen molar-refractivity contribution in [1.82, 2.24) is 13.7 Å². The standard InChI is InChI=1S/C48H32N2Se.C44H28N2Se.C42H28N2Se/c1-3-11-33(12-4-1)34-19-24-38(25-20-34)49(40-28-30-48-44(32-40)42-16-8-10-18-47(42)51-48)39-26-21-35(22-27-39)36-23-29-46-43(31-36)41-15-7-9-17-45(41)50(46)37-13-5-2-6-14-37;1-2-12-30(13-3-1)46-41-18-8-6-15-35(41)38-27-31(22-25-42(38)46)45(32-23-26-44-39(28-32)37-16-7-9-20-43(37)47-44)40-19-10-17-34-33-14-5-4-11-29(33)21-24-36(34)40;1-3-11-31(12-4-1)43(34-24-26-42-38(28-34)36-16-8-10-18-41(36)45-42)33-22-19-29(20-23-33)30-21-25-40-37(27-30)35-15-7-9-17-39(35)44(40)32-13-5-2-6-14-32/h1-32H;1-28H;1-28H. The maximum absolute atomic E-state index is 2.47. The Morgan fingerprint density at radius 1 is 0.133 bits per heavy atom. The number of rotatable bonds is 15. The Hall–Kier alpha value is -17.1. The van der Waals surface area contributed by atoms with E-state index in [1.54, 1.807) is 0 Å². The predicted octanol–water partition coefficient (Wildman–Crippen LogP) is 36.2. The van der Waals surface area contributed by atoms with Crippen molar-refractivity contribution in [1.29, 1.82) is 0 Å². The van der Waals surface area contributed by atoms with E-state index in [0.29, 0.717) is 43.5 Å². The molecule has 0 N–H and O–H groups in total. The van der Waals surface area contributed by atoms with E-state index in [-0.39, 0.29) is 0 Å². The minimum atomic E-state index is 0.325. The van der Waals surface area contributed by atoms with Crippen LogP contribution in [0.4, 0.5) is 51.2 Å². The summed E-state index contributed by atoms with van der Waals surface area (Å²) in [6.07, 6.45) is 0. The summed E-state index contributed by atoms with van der Waals surface area (Å²) in [5.74, 6) is 0. The van der Waals surface area contributed by atoms with Gasteiger partial charge >= 0.3 is 665 Å². The van der Waals surface area contributed by atoms with Gasteiger partial charge in [-0.25, -0.2) is 0 Å². The van der Waals surface area contributed by atoms with Gasteiger partial charge in [0.25, 0.3) is 0 Å². The van der Waals surface area contributed by atoms with E-state index in [9.17, 15) is 0 Å². The summed E-state index contributed by atoms with van der Waals surface area (Å²) in [6.45, 7) is 0. The van der Waals surface area contributed by atoms with Crippen LogP contribution in [-0.2, 0) is 0 Å². The zero-order valence-electron chi connectivity index (χ0n) is 77.7. The van der Waals surface area contributed by atoms with E-state index in [1.807, 2.05) is 0 Å². The van der Waals surface area contributed by atoms with Crippen LogP contribution in [0.3, 0.4) is 0 Å². The van der Waals surface area contributed by atoms with E-state index in [2.05, 4.69) is 562 Å². The summed E-state index contributed by atoms with van der Waals surface area (Å²) in [6, 6.07) is 195. The van der Waals surface area contributed by atoms with Crippen molar-refractivity contribution in [3.63, 3.8) is 0 Å². The molecule has 0 saturated heterocycles. The number of benzene rings is 23. The molecule has 29 aromatic rings. The summed E-state index contributed by atoms with van der Waals surface area (Å²) >= 11 is 1.02. The van der Waals surface area contributed by atoms with E-state index >= 15 is 0 Å². The third kappa shape index (κ3) is 15.3. The summed E-state index contributed by atoms with van der Waals surface area (Å²) < 4.78 is 15.9. The number of anilines is 9. The summed E-state index contributed by atoms with van der Waals surface area (Å²) in [4.78, 5) is 7.23. The van der Waals surface area contributed by atoms with Crippen LogP contribution in [0.1, 0.15) is 0 Å². The van der Waals surface area contributed by atoms with Gasteiger partial charge in [0.2, 0.25) is 0 Å². The van der Waals surface area contributed by atoms with Crippen molar-refractivity contribution >= 4 is 240 Å². The fraction of sp³-hybridized carbons (Fsp3) is 0. The Balaban J connectivity index is 0.000000107. The summed E-state index contributed by atoms with van der Waals surface area (Å²) in [5, 5.41) is 20.8. The van der Waals surface area contributed by atoms with Gasteiger partial charge in [-0.2, -0.15) is 0 Å². The molecule has 0 aliphatic rings. The topological polar surface area (TPSA) is 24.5 Å². The van der Waals surface area contributed by atoms with Gasteiger partial charge in [0.1, 0.15) is 0 Å². The molecule has 0 aliphatic heterocycles. The van der Waals surface area contributed by atoms with Crippen molar-refractivity contribution in [2.24, 2.45) is 0 Å². The van der Waals surface area contributed by atoms with Crippen molar-refractivity contribution in [2.75, 3.05) is 14.7 Å². The second-order valence-corrected chi connectivity index (χ2v) is 43.4. The molecule has 29 rings (SSSR count). The van der Waals surface area contributed by atoms with Gasteiger partial charge in [-0.3, -0.25) is 0 Å². The van der Waals surface area contributed by atoms with Crippen LogP contribution < -0.4 is 14.7 Å². The second kappa shape index (κ2) is 36.3. The normalized spacial score (nSPS) is 11.6. The summed E-state index contributed by atoms with van der Waals surface area (Å²) in [7, 11) is 0. The second-order valence-electron chi connectivity index (χ2n) is 36.6. The Labute approximate surface area is 845 Å². The first-order valence-corrected chi connectivity index (χ1v) is 53.8. The molecule has 672 valence electrons. The zero-order valence-corrected chi connectivity index (χ0v) is 82.9. The molecule has 0 radical (unpaired) electrons. The quantitative estimate of drug-likeness (QED) is 0.0755. The number of fused-ring (bicyclic) bond motifs is 21. The number of hydrogen-bond donors (Lipinski definition) is 0. The van der Waals surface area contributed by atoms with Crippen LogP contribution in [0.25, 0.3) is 195 Å². The van der Waals surface area contributed by atoms with E-state index in [0.717, 1.165) is 34.1 Å². The molecule has 0 spiro atoms. The first kappa shape index (κ1) is 85.2. The van der Waals surface area contributed by atoms with Crippen molar-refractivity contribution in [2.45, 2.75) is 0 Å². The molecule has 143 heavy (non-hydrogen) atoms. The van der Waals surface area contributed by atoms with Crippen LogP contribution in [-0.4, -0.2) is 57.2 Å². The minimum absolute atomic E-state index is 0.325. The molecule has 6 heterocycles. The van der Waals surface area contributed by atoms with Gasteiger partial charge in [0.05, 0.1) is 22.1 Å². The average Bonchev–Trinajstić information content (AvgIpc) is 1.63. The SMILES string of the molecule is c1ccc(-c2ccc(N(c3ccc(-c4ccc5c(c4)c4ccccc4n5-c4ccccc4)cc3)c3ccc4[se]c5ccccc5c4c3)cc2)cc1.c1ccc(-n2c3ccccc3c3cc(N(c4ccc5[se]c6ccccc6c5c4)c4cccc5c4ccc4ccccc45)ccc32)cc1.c1ccc(N(c2ccc(-c3ccc4c(c3)c3ccccc3n4-c3ccccc3)cc2)c2ccc3[se]c4ccccc4c3c2)cc1. The monoisotopic (exact) mass is 2020 g/mol. The Morgan fingerprint density at radius 3 is 0.825 bits per heavy atom. The van der Waals surface area contributed by atoms with Gasteiger partial charge in [-0.15, -0.1) is 0 Å². The number of aromatic nitrogens is 3. The number of nitrogens with zero attached hydrogens (tertiary/aromatic N) is 6. The molecule has 0 atom stereocenters. The molecule has 6 aromatic heterocycles. The van der Waals surface area contributed by atoms with E-state index < -0.39 is 0 Å². The molecule has 9 heteroatoms. The van der Waals surface area contributed by atoms with E-state index in [1.165, 1.54) is 212 Å². The Kier molecular flexibility index (Phi) is 21.6. The summed E-state index contributed by atoms with van der Waals surface area (Å²) in [5.41, 5.74) is 28.5. The molecule has 6 nitrogen and oxygen atoms in total. The predicted molar refractivity (Wildman–Crippen MR) is 614 cm³/mol. The van der Waals surface area contributed by atoms with Crippen LogP contribution >= 0.6 is 0 Å². The molecule has 23 aromatic carbocycles. The van der Waals surface area contributed by atoms with Crippen LogP contribution in [0.2, 0.25) is 0 Å². The van der Waals surface area contributed by atoms with Crippen LogP contribution in [0, 0.1) is 0 Å². The van der Waals surface area contributed by atoms with Gasteiger partial charge in [0.15, 0.2) is 0 Å². The van der Waals surface area contributed by atoms with Crippen molar-refractivity contribution < 1.29 is 0 Å². The molecule has 0 amide bonds. The first-order chi connectivity index (χ1) is 70.9. The zero-order chi connectivity index (χ0) is 94.4. The van der Waals surface area contributed by atoms with Gasteiger partial charge in [-0.05, 0) is 36.4 Å². The molecule has 0 saturated carbocycles. The molecular formula is C134H88N6Se3. The Bertz CT molecular complexity index is 9920. The van der Waals surface area contributed by atoms with Crippen LogP contribution in [0.5, 0.6) is 0 Å². The molecular weight excluding hydrogens is 1930 g/mol. The molecule has 0 unspecified atom stereocenters. The maximum atomic E-state index is 2.47. The fourth-order valence-corrected chi connectivity index (χ4v) is 28.5.